The lowest BCUT2D eigenvalue weighted by Gasteiger charge is -2.40. The number of nitro groups is 1. The van der Waals surface area contributed by atoms with Crippen molar-refractivity contribution in [1.82, 2.24) is 13.1 Å². The summed E-state index contributed by atoms with van der Waals surface area (Å²) in [7, 11) is -3.71. The van der Waals surface area contributed by atoms with E-state index in [-0.39, 0.29) is 16.6 Å². The van der Waals surface area contributed by atoms with E-state index in [2.05, 4.69) is 8.75 Å². The summed E-state index contributed by atoms with van der Waals surface area (Å²) in [6, 6.07) is 11.0. The SMILES string of the molecule is C[C@@H]1CN(c2ccc([N+](=O)[O-])cc2)CCN1S(=O)(=O)c1cccc2nsnc12. The van der Waals surface area contributed by atoms with Crippen molar-refractivity contribution in [2.24, 2.45) is 0 Å². The van der Waals surface area contributed by atoms with Gasteiger partial charge in [-0.25, -0.2) is 8.42 Å². The van der Waals surface area contributed by atoms with Crippen LogP contribution < -0.4 is 4.90 Å². The minimum absolute atomic E-state index is 0.0305. The van der Waals surface area contributed by atoms with Crippen LogP contribution in [0.25, 0.3) is 11.0 Å². The number of aromatic nitrogens is 2. The molecule has 28 heavy (non-hydrogen) atoms. The molecule has 3 aromatic rings. The van der Waals surface area contributed by atoms with Gasteiger partial charge < -0.3 is 4.90 Å². The zero-order valence-corrected chi connectivity index (χ0v) is 16.6. The lowest BCUT2D eigenvalue weighted by atomic mass is 10.2. The fraction of sp³-hybridized carbons (Fsp3) is 0.294. The highest BCUT2D eigenvalue weighted by atomic mass is 32.2. The van der Waals surface area contributed by atoms with Crippen molar-refractivity contribution in [3.05, 3.63) is 52.6 Å². The first kappa shape index (κ1) is 18.7. The van der Waals surface area contributed by atoms with Gasteiger partial charge in [0.15, 0.2) is 0 Å². The van der Waals surface area contributed by atoms with Gasteiger partial charge in [-0.15, -0.1) is 0 Å². The van der Waals surface area contributed by atoms with Crippen molar-refractivity contribution < 1.29 is 13.3 Å². The normalized spacial score (nSPS) is 18.5. The van der Waals surface area contributed by atoms with Crippen LogP contribution in [0.2, 0.25) is 0 Å². The first-order valence-corrected chi connectivity index (χ1v) is 10.8. The monoisotopic (exact) mass is 419 g/mol. The maximum Gasteiger partial charge on any atom is 0.269 e. The van der Waals surface area contributed by atoms with Crippen LogP contribution in [0.1, 0.15) is 6.92 Å². The molecule has 2 aromatic carbocycles. The second-order valence-corrected chi connectivity index (χ2v) is 8.96. The maximum atomic E-state index is 13.2. The van der Waals surface area contributed by atoms with Gasteiger partial charge in [0.2, 0.25) is 10.0 Å². The Morgan fingerprint density at radius 1 is 1.14 bits per heavy atom. The summed E-state index contributed by atoms with van der Waals surface area (Å²) in [5.41, 5.74) is 1.84. The average Bonchev–Trinajstić information content (AvgIpc) is 3.16. The van der Waals surface area contributed by atoms with Gasteiger partial charge in [-0.3, -0.25) is 10.1 Å². The zero-order chi connectivity index (χ0) is 19.9. The second kappa shape index (κ2) is 7.08. The molecule has 0 saturated carbocycles. The average molecular weight is 419 g/mol. The van der Waals surface area contributed by atoms with Gasteiger partial charge >= 0.3 is 0 Å². The number of rotatable bonds is 4. The lowest BCUT2D eigenvalue weighted by molar-refractivity contribution is -0.384. The molecule has 1 aliphatic rings. The largest absolute Gasteiger partial charge is 0.369 e. The number of non-ortho nitro benzene ring substituents is 1. The molecule has 1 fully saturated rings. The summed E-state index contributed by atoms with van der Waals surface area (Å²) in [4.78, 5) is 12.6. The Morgan fingerprint density at radius 2 is 1.89 bits per heavy atom. The fourth-order valence-corrected chi connectivity index (χ4v) is 5.80. The van der Waals surface area contributed by atoms with E-state index in [1.54, 1.807) is 30.3 Å². The summed E-state index contributed by atoms with van der Waals surface area (Å²) in [6.45, 7) is 3.15. The van der Waals surface area contributed by atoms with Crippen molar-refractivity contribution in [3.8, 4) is 0 Å². The molecule has 4 rings (SSSR count). The second-order valence-electron chi connectivity index (χ2n) is 6.57. The highest BCUT2D eigenvalue weighted by molar-refractivity contribution is 7.89. The molecule has 1 atom stereocenters. The molecule has 1 aromatic heterocycles. The Morgan fingerprint density at radius 3 is 2.57 bits per heavy atom. The summed E-state index contributed by atoms with van der Waals surface area (Å²) in [5, 5.41) is 10.8. The van der Waals surface area contributed by atoms with Crippen LogP contribution in [0.3, 0.4) is 0 Å². The smallest absolute Gasteiger partial charge is 0.269 e. The number of hydrogen-bond acceptors (Lipinski definition) is 8. The van der Waals surface area contributed by atoms with E-state index in [1.807, 2.05) is 11.8 Å². The first-order chi connectivity index (χ1) is 13.4. The Bertz CT molecular complexity index is 1130. The van der Waals surface area contributed by atoms with Crippen LogP contribution in [0.4, 0.5) is 11.4 Å². The molecule has 146 valence electrons. The van der Waals surface area contributed by atoms with E-state index in [9.17, 15) is 18.5 Å². The van der Waals surface area contributed by atoms with Gasteiger partial charge in [0, 0.05) is 43.5 Å². The fourth-order valence-electron chi connectivity index (χ4n) is 3.43. The molecule has 0 spiro atoms. The quantitative estimate of drug-likeness (QED) is 0.472. The predicted octanol–water partition coefficient (Wildman–Crippen LogP) is 2.50. The van der Waals surface area contributed by atoms with Crippen molar-refractivity contribution in [3.63, 3.8) is 0 Å². The maximum absolute atomic E-state index is 13.2. The van der Waals surface area contributed by atoms with Crippen LogP contribution in [-0.4, -0.2) is 52.1 Å². The van der Waals surface area contributed by atoms with Crippen molar-refractivity contribution in [1.29, 1.82) is 0 Å². The molecule has 9 nitrogen and oxygen atoms in total. The molecular weight excluding hydrogens is 402 g/mol. The van der Waals surface area contributed by atoms with Gasteiger partial charge in [0.25, 0.3) is 5.69 Å². The van der Waals surface area contributed by atoms with Crippen molar-refractivity contribution >= 4 is 44.2 Å². The van der Waals surface area contributed by atoms with Crippen LogP contribution in [0, 0.1) is 10.1 Å². The van der Waals surface area contributed by atoms with Gasteiger partial charge in [-0.05, 0) is 31.2 Å². The number of benzene rings is 2. The van der Waals surface area contributed by atoms with E-state index >= 15 is 0 Å². The van der Waals surface area contributed by atoms with Gasteiger partial charge in [0.1, 0.15) is 15.9 Å². The highest BCUT2D eigenvalue weighted by Crippen LogP contribution is 2.29. The Hall–Kier alpha value is -2.63. The van der Waals surface area contributed by atoms with Crippen molar-refractivity contribution in [2.45, 2.75) is 17.9 Å². The number of nitrogens with zero attached hydrogens (tertiary/aromatic N) is 5. The van der Waals surface area contributed by atoms with E-state index in [0.29, 0.717) is 30.7 Å². The van der Waals surface area contributed by atoms with Crippen molar-refractivity contribution in [2.75, 3.05) is 24.5 Å². The Balaban J connectivity index is 1.57. The standard InChI is InChI=1S/C17H17N5O4S2/c1-12-11-20(13-5-7-14(8-6-13)22(23)24)9-10-21(12)28(25,26)16-4-2-3-15-17(16)19-27-18-15/h2-8,12H,9-11H2,1H3/t12-/m1/s1. The van der Waals surface area contributed by atoms with E-state index in [1.165, 1.54) is 16.4 Å². The van der Waals surface area contributed by atoms with E-state index in [0.717, 1.165) is 17.4 Å². The molecule has 0 N–H and O–H groups in total. The number of sulfonamides is 1. The number of anilines is 1. The molecule has 11 heteroatoms. The summed E-state index contributed by atoms with van der Waals surface area (Å²) < 4.78 is 36.2. The van der Waals surface area contributed by atoms with Crippen LogP contribution >= 0.6 is 11.7 Å². The molecule has 2 heterocycles. The minimum Gasteiger partial charge on any atom is -0.369 e. The summed E-state index contributed by atoms with van der Waals surface area (Å²) in [6.07, 6.45) is 0. The predicted molar refractivity (Wildman–Crippen MR) is 106 cm³/mol. The summed E-state index contributed by atoms with van der Waals surface area (Å²) in [5.74, 6) is 0. The number of fused-ring (bicyclic) bond motifs is 1. The third-order valence-electron chi connectivity index (χ3n) is 4.83. The highest BCUT2D eigenvalue weighted by Gasteiger charge is 2.35. The van der Waals surface area contributed by atoms with Crippen LogP contribution in [0.15, 0.2) is 47.4 Å². The van der Waals surface area contributed by atoms with Gasteiger partial charge in [-0.2, -0.15) is 13.1 Å². The summed E-state index contributed by atoms with van der Waals surface area (Å²) >= 11 is 0.992. The Labute approximate surface area is 165 Å². The van der Waals surface area contributed by atoms with E-state index in [4.69, 9.17) is 0 Å². The van der Waals surface area contributed by atoms with Crippen LogP contribution in [0.5, 0.6) is 0 Å². The molecule has 0 unspecified atom stereocenters. The number of piperazine rings is 1. The minimum atomic E-state index is -3.71. The number of hydrogen-bond donors (Lipinski definition) is 0. The molecule has 1 aliphatic heterocycles. The third kappa shape index (κ3) is 3.21. The molecule has 1 saturated heterocycles. The number of nitro benzene ring substituents is 1. The molecular formula is C17H17N5O4S2. The molecule has 0 amide bonds. The third-order valence-corrected chi connectivity index (χ3v) is 7.42. The zero-order valence-electron chi connectivity index (χ0n) is 14.9. The van der Waals surface area contributed by atoms with E-state index < -0.39 is 14.9 Å². The molecule has 0 radical (unpaired) electrons. The van der Waals surface area contributed by atoms with Gasteiger partial charge in [0.05, 0.1) is 16.7 Å². The topological polar surface area (TPSA) is 110 Å². The molecule has 0 aliphatic carbocycles. The van der Waals surface area contributed by atoms with Crippen LogP contribution in [-0.2, 0) is 10.0 Å². The first-order valence-electron chi connectivity index (χ1n) is 8.60. The lowest BCUT2D eigenvalue weighted by Crippen LogP contribution is -2.54. The Kier molecular flexibility index (Phi) is 4.73. The molecule has 0 bridgehead atoms. The van der Waals surface area contributed by atoms with Gasteiger partial charge in [-0.1, -0.05) is 6.07 Å².